The summed E-state index contributed by atoms with van der Waals surface area (Å²) in [6.07, 6.45) is 0.957. The van der Waals surface area contributed by atoms with Crippen LogP contribution in [0.3, 0.4) is 0 Å². The molecule has 0 nitrogen and oxygen atoms in total. The van der Waals surface area contributed by atoms with Crippen molar-refractivity contribution in [2.45, 2.75) is 13.3 Å². The summed E-state index contributed by atoms with van der Waals surface area (Å²) < 4.78 is 12.5. The number of aryl methyl sites for hydroxylation is 1. The van der Waals surface area contributed by atoms with Gasteiger partial charge in [-0.25, -0.2) is 4.39 Å². The molecule has 0 radical (unpaired) electrons. The molecule has 1 aromatic rings. The van der Waals surface area contributed by atoms with Gasteiger partial charge in [-0.05, 0) is 29.4 Å². The maximum atomic E-state index is 12.5. The van der Waals surface area contributed by atoms with Crippen LogP contribution in [0.4, 0.5) is 4.39 Å². The molecule has 0 fully saturated rings. The minimum Gasteiger partial charge on any atom is -0.207 e. The molecule has 1 unspecified atom stereocenters. The molecule has 0 aliphatic heterocycles. The average Bonchev–Trinajstić information content (AvgIpc) is 1.88. The average molecular weight is 156 g/mol. The molecule has 0 amide bonds. The summed E-state index contributed by atoms with van der Waals surface area (Å²) in [5.41, 5.74) is 1.19. The summed E-state index contributed by atoms with van der Waals surface area (Å²) in [6.45, 7) is 2.06. The lowest BCUT2D eigenvalue weighted by atomic mass is 10.2. The van der Waals surface area contributed by atoms with E-state index in [0.717, 1.165) is 11.7 Å². The lowest BCUT2D eigenvalue weighted by Crippen LogP contribution is -2.00. The van der Waals surface area contributed by atoms with E-state index in [-0.39, 0.29) is 5.82 Å². The van der Waals surface area contributed by atoms with Crippen LogP contribution in [0.2, 0.25) is 0 Å². The molecule has 0 aliphatic carbocycles. The van der Waals surface area contributed by atoms with Crippen LogP contribution in [0, 0.1) is 5.82 Å². The van der Waals surface area contributed by atoms with Crippen molar-refractivity contribution in [2.75, 3.05) is 0 Å². The molecule has 1 rings (SSSR count). The molecular formula is C8H10FP. The first-order valence-corrected chi connectivity index (χ1v) is 3.85. The van der Waals surface area contributed by atoms with Crippen LogP contribution in [-0.4, -0.2) is 0 Å². The van der Waals surface area contributed by atoms with Crippen molar-refractivity contribution >= 4 is 14.5 Å². The third-order valence-electron chi connectivity index (χ3n) is 1.49. The zero-order valence-electron chi connectivity index (χ0n) is 5.89. The summed E-state index contributed by atoms with van der Waals surface area (Å²) in [4.78, 5) is 0. The minimum absolute atomic E-state index is 0.165. The first kappa shape index (κ1) is 7.68. The summed E-state index contributed by atoms with van der Waals surface area (Å²) in [5.74, 6) is -0.165. The van der Waals surface area contributed by atoms with Crippen LogP contribution in [0.15, 0.2) is 18.2 Å². The van der Waals surface area contributed by atoms with E-state index < -0.39 is 0 Å². The van der Waals surface area contributed by atoms with Gasteiger partial charge in [-0.3, -0.25) is 0 Å². The highest BCUT2D eigenvalue weighted by Gasteiger charge is 1.95. The van der Waals surface area contributed by atoms with Crippen LogP contribution in [0.5, 0.6) is 0 Å². The zero-order valence-corrected chi connectivity index (χ0v) is 7.05. The van der Waals surface area contributed by atoms with Crippen LogP contribution in [0.1, 0.15) is 12.5 Å². The molecule has 0 aliphatic rings. The van der Waals surface area contributed by atoms with Crippen molar-refractivity contribution in [3.8, 4) is 0 Å². The maximum Gasteiger partial charge on any atom is 0.123 e. The predicted molar refractivity (Wildman–Crippen MR) is 45.1 cm³/mol. The molecule has 54 valence electrons. The smallest absolute Gasteiger partial charge is 0.123 e. The fourth-order valence-electron chi connectivity index (χ4n) is 0.888. The normalized spacial score (nSPS) is 9.90. The first-order valence-electron chi connectivity index (χ1n) is 3.28. The standard InChI is InChI=1S/C8H10FP/c1-2-6-3-4-7(9)5-8(6)10/h3-5H,2,10H2,1H3. The van der Waals surface area contributed by atoms with Gasteiger partial charge in [-0.1, -0.05) is 13.0 Å². The summed E-state index contributed by atoms with van der Waals surface area (Å²) in [5, 5.41) is 0.961. The Labute approximate surface area is 62.7 Å². The Morgan fingerprint density at radius 2 is 2.20 bits per heavy atom. The van der Waals surface area contributed by atoms with Crippen molar-refractivity contribution in [1.29, 1.82) is 0 Å². The van der Waals surface area contributed by atoms with E-state index in [9.17, 15) is 4.39 Å². The first-order chi connectivity index (χ1) is 4.74. The lowest BCUT2D eigenvalue weighted by Gasteiger charge is -2.00. The van der Waals surface area contributed by atoms with Crippen LogP contribution >= 0.6 is 9.24 Å². The molecule has 10 heavy (non-hydrogen) atoms. The Hall–Kier alpha value is -0.420. The highest BCUT2D eigenvalue weighted by molar-refractivity contribution is 7.27. The molecule has 0 N–H and O–H groups in total. The minimum atomic E-state index is -0.165. The van der Waals surface area contributed by atoms with Gasteiger partial charge in [0, 0.05) is 0 Å². The lowest BCUT2D eigenvalue weighted by molar-refractivity contribution is 0.628. The SMILES string of the molecule is CCc1ccc(F)cc1P. The Morgan fingerprint density at radius 1 is 1.50 bits per heavy atom. The predicted octanol–water partition coefficient (Wildman–Crippen LogP) is 1.89. The summed E-state index contributed by atoms with van der Waals surface area (Å²) in [7, 11) is 2.53. The molecule has 0 saturated heterocycles. The monoisotopic (exact) mass is 156 g/mol. The molecule has 0 saturated carbocycles. The molecule has 1 aromatic carbocycles. The van der Waals surface area contributed by atoms with Crippen molar-refractivity contribution in [2.24, 2.45) is 0 Å². The second kappa shape index (κ2) is 3.12. The number of halogens is 1. The van der Waals surface area contributed by atoms with Gasteiger partial charge >= 0.3 is 0 Å². The van der Waals surface area contributed by atoms with E-state index >= 15 is 0 Å². The van der Waals surface area contributed by atoms with Crippen molar-refractivity contribution in [3.05, 3.63) is 29.6 Å². The second-order valence-corrected chi connectivity index (χ2v) is 2.82. The number of hydrogen-bond donors (Lipinski definition) is 0. The highest BCUT2D eigenvalue weighted by atomic mass is 31.0. The third kappa shape index (κ3) is 1.54. The molecule has 0 spiro atoms. The van der Waals surface area contributed by atoms with E-state index in [1.807, 2.05) is 6.07 Å². The van der Waals surface area contributed by atoms with Crippen molar-refractivity contribution in [1.82, 2.24) is 0 Å². The van der Waals surface area contributed by atoms with Gasteiger partial charge in [-0.15, -0.1) is 9.24 Å². The van der Waals surface area contributed by atoms with E-state index in [1.165, 1.54) is 17.7 Å². The second-order valence-electron chi connectivity index (χ2n) is 2.20. The summed E-state index contributed by atoms with van der Waals surface area (Å²) in [6, 6.07) is 4.84. The van der Waals surface area contributed by atoms with Gasteiger partial charge in [0.1, 0.15) is 5.82 Å². The van der Waals surface area contributed by atoms with E-state index in [0.29, 0.717) is 0 Å². The van der Waals surface area contributed by atoms with Gasteiger partial charge in [0.2, 0.25) is 0 Å². The number of rotatable bonds is 1. The third-order valence-corrected chi connectivity index (χ3v) is 2.03. The Bertz CT molecular complexity index is 233. The van der Waals surface area contributed by atoms with Crippen LogP contribution in [-0.2, 0) is 6.42 Å². The quantitative estimate of drug-likeness (QED) is 0.544. The van der Waals surface area contributed by atoms with Crippen LogP contribution < -0.4 is 5.30 Å². The summed E-state index contributed by atoms with van der Waals surface area (Å²) >= 11 is 0. The van der Waals surface area contributed by atoms with Gasteiger partial charge in [0.05, 0.1) is 0 Å². The zero-order chi connectivity index (χ0) is 7.56. The maximum absolute atomic E-state index is 12.5. The molecule has 0 heterocycles. The Kier molecular flexibility index (Phi) is 2.39. The van der Waals surface area contributed by atoms with Gasteiger partial charge < -0.3 is 0 Å². The van der Waals surface area contributed by atoms with E-state index in [4.69, 9.17) is 0 Å². The molecule has 0 aromatic heterocycles. The Morgan fingerprint density at radius 3 is 2.70 bits per heavy atom. The molecule has 0 bridgehead atoms. The fourth-order valence-corrected chi connectivity index (χ4v) is 1.35. The van der Waals surface area contributed by atoms with Gasteiger partial charge in [0.15, 0.2) is 0 Å². The molecule has 2 heteroatoms. The highest BCUT2D eigenvalue weighted by Crippen LogP contribution is 2.04. The van der Waals surface area contributed by atoms with E-state index in [2.05, 4.69) is 16.2 Å². The van der Waals surface area contributed by atoms with Crippen molar-refractivity contribution in [3.63, 3.8) is 0 Å². The van der Waals surface area contributed by atoms with Gasteiger partial charge in [-0.2, -0.15) is 0 Å². The van der Waals surface area contributed by atoms with Crippen LogP contribution in [0.25, 0.3) is 0 Å². The largest absolute Gasteiger partial charge is 0.207 e. The fraction of sp³-hybridized carbons (Fsp3) is 0.250. The molecular weight excluding hydrogens is 146 g/mol. The Balaban J connectivity index is 3.07. The number of benzene rings is 1. The van der Waals surface area contributed by atoms with Crippen molar-refractivity contribution < 1.29 is 4.39 Å². The number of hydrogen-bond acceptors (Lipinski definition) is 0. The van der Waals surface area contributed by atoms with Gasteiger partial charge in [0.25, 0.3) is 0 Å². The molecule has 1 atom stereocenters. The van der Waals surface area contributed by atoms with E-state index in [1.54, 1.807) is 0 Å². The topological polar surface area (TPSA) is 0 Å².